The number of nitrogen functional groups attached to an aromatic ring is 1. The Bertz CT molecular complexity index is 1170. The molecule has 5 rings (SSSR count). The normalized spacial score (nSPS) is 17.2. The topological polar surface area (TPSA) is 101 Å². The fourth-order valence-corrected chi connectivity index (χ4v) is 4.00. The van der Waals surface area contributed by atoms with Gasteiger partial charge in [0, 0.05) is 35.8 Å². The first-order chi connectivity index (χ1) is 14.6. The molecule has 2 amide bonds. The van der Waals surface area contributed by atoms with Gasteiger partial charge in [0.2, 0.25) is 6.17 Å². The molecular formula is C23H19N5O2. The number of nitrogens with two attached hydrogens (primary N) is 1. The van der Waals surface area contributed by atoms with Crippen molar-refractivity contribution < 1.29 is 9.59 Å². The van der Waals surface area contributed by atoms with E-state index in [4.69, 9.17) is 10.7 Å². The van der Waals surface area contributed by atoms with E-state index in [1.807, 2.05) is 42.5 Å². The highest BCUT2D eigenvalue weighted by Gasteiger charge is 2.37. The predicted octanol–water partition coefficient (Wildman–Crippen LogP) is 2.16. The van der Waals surface area contributed by atoms with E-state index in [1.165, 1.54) is 6.20 Å². The third-order valence-electron chi connectivity index (χ3n) is 5.34. The maximum absolute atomic E-state index is 13.4. The van der Waals surface area contributed by atoms with E-state index in [0.717, 1.165) is 22.4 Å². The summed E-state index contributed by atoms with van der Waals surface area (Å²) in [5.41, 5.74) is 11.3. The molecule has 1 aromatic heterocycles. The largest absolute Gasteiger partial charge is 0.399 e. The summed E-state index contributed by atoms with van der Waals surface area (Å²) in [7, 11) is 0. The average Bonchev–Trinajstić information content (AvgIpc) is 3.16. The summed E-state index contributed by atoms with van der Waals surface area (Å²) in [6, 6.07) is 16.7. The number of aliphatic imine (C=N–C) groups is 1. The highest BCUT2D eigenvalue weighted by molar-refractivity contribution is 6.21. The number of nitrogens with zero attached hydrogens (tertiary/aromatic N) is 3. The second kappa shape index (κ2) is 7.11. The zero-order valence-electron chi connectivity index (χ0n) is 16.1. The van der Waals surface area contributed by atoms with Crippen LogP contribution in [0.2, 0.25) is 0 Å². The fraction of sp³-hybridized carbons (Fsp3) is 0.130. The molecule has 0 saturated heterocycles. The lowest BCUT2D eigenvalue weighted by Gasteiger charge is -2.21. The van der Waals surface area contributed by atoms with Crippen molar-refractivity contribution in [3.05, 3.63) is 89.2 Å². The van der Waals surface area contributed by atoms with Gasteiger partial charge < -0.3 is 16.0 Å². The monoisotopic (exact) mass is 397 g/mol. The molecule has 148 valence electrons. The smallest absolute Gasteiger partial charge is 0.272 e. The van der Waals surface area contributed by atoms with Crippen LogP contribution in [-0.4, -0.2) is 35.2 Å². The SMILES string of the molecule is Nc1cc2c3c(c1)C(c1ccccc1)=N[C@@H](NC(=O)c1cccnc1)C(=O)N3CC2. The number of rotatable bonds is 3. The molecule has 0 fully saturated rings. The number of anilines is 2. The Balaban J connectivity index is 1.64. The molecule has 3 aromatic rings. The number of hydrogen-bond acceptors (Lipinski definition) is 5. The molecule has 3 heterocycles. The van der Waals surface area contributed by atoms with E-state index in [1.54, 1.807) is 23.2 Å². The molecule has 30 heavy (non-hydrogen) atoms. The second-order valence-corrected chi connectivity index (χ2v) is 7.28. The van der Waals surface area contributed by atoms with Crippen molar-refractivity contribution in [3.8, 4) is 0 Å². The molecule has 0 aliphatic carbocycles. The van der Waals surface area contributed by atoms with Gasteiger partial charge in [0.25, 0.3) is 11.8 Å². The Morgan fingerprint density at radius 3 is 2.73 bits per heavy atom. The number of benzene rings is 2. The van der Waals surface area contributed by atoms with Crippen molar-refractivity contribution in [2.45, 2.75) is 12.6 Å². The van der Waals surface area contributed by atoms with Crippen LogP contribution >= 0.6 is 0 Å². The molecule has 2 aromatic carbocycles. The van der Waals surface area contributed by atoms with Gasteiger partial charge in [-0.2, -0.15) is 0 Å². The second-order valence-electron chi connectivity index (χ2n) is 7.28. The number of hydrogen-bond donors (Lipinski definition) is 2. The summed E-state index contributed by atoms with van der Waals surface area (Å²) in [5, 5.41) is 2.77. The number of aromatic nitrogens is 1. The summed E-state index contributed by atoms with van der Waals surface area (Å²) in [6.07, 6.45) is 2.71. The Hall–Kier alpha value is -4.00. The standard InChI is InChI=1S/C23H19N5O2/c24-17-11-15-8-10-28-20(15)18(12-17)19(14-5-2-1-3-6-14)26-21(23(28)30)27-22(29)16-7-4-9-25-13-16/h1-7,9,11-13,21H,8,10,24H2,(H,27,29)/t21-/m0/s1. The van der Waals surface area contributed by atoms with Gasteiger partial charge in [0.15, 0.2) is 0 Å². The highest BCUT2D eigenvalue weighted by Crippen LogP contribution is 2.37. The molecule has 0 bridgehead atoms. The lowest BCUT2D eigenvalue weighted by molar-refractivity contribution is -0.120. The van der Waals surface area contributed by atoms with Crippen molar-refractivity contribution >= 4 is 28.9 Å². The number of carbonyl (C=O) groups excluding carboxylic acids is 2. The predicted molar refractivity (Wildman–Crippen MR) is 114 cm³/mol. The highest BCUT2D eigenvalue weighted by atomic mass is 16.2. The molecule has 0 radical (unpaired) electrons. The molecule has 3 N–H and O–H groups in total. The summed E-state index contributed by atoms with van der Waals surface area (Å²) in [4.78, 5) is 36.5. The van der Waals surface area contributed by atoms with E-state index in [0.29, 0.717) is 29.9 Å². The van der Waals surface area contributed by atoms with Crippen molar-refractivity contribution in [1.82, 2.24) is 10.3 Å². The molecule has 2 aliphatic rings. The summed E-state index contributed by atoms with van der Waals surface area (Å²) in [6.45, 7) is 0.529. The van der Waals surface area contributed by atoms with Crippen LogP contribution in [0.4, 0.5) is 11.4 Å². The van der Waals surface area contributed by atoms with Gasteiger partial charge in [-0.05, 0) is 36.2 Å². The van der Waals surface area contributed by atoms with Crippen LogP contribution in [0.25, 0.3) is 0 Å². The third-order valence-corrected chi connectivity index (χ3v) is 5.34. The minimum absolute atomic E-state index is 0.261. The maximum Gasteiger partial charge on any atom is 0.272 e. The van der Waals surface area contributed by atoms with Gasteiger partial charge in [-0.15, -0.1) is 0 Å². The minimum atomic E-state index is -1.05. The third kappa shape index (κ3) is 3.00. The van der Waals surface area contributed by atoms with Gasteiger partial charge >= 0.3 is 0 Å². The molecule has 2 aliphatic heterocycles. The number of amides is 2. The van der Waals surface area contributed by atoms with Crippen LogP contribution in [0, 0.1) is 0 Å². The number of carbonyl (C=O) groups is 2. The Morgan fingerprint density at radius 2 is 1.97 bits per heavy atom. The molecule has 1 atom stereocenters. The lowest BCUT2D eigenvalue weighted by atomic mass is 9.97. The first-order valence-electron chi connectivity index (χ1n) is 9.70. The molecular weight excluding hydrogens is 378 g/mol. The van der Waals surface area contributed by atoms with E-state index < -0.39 is 12.1 Å². The quantitative estimate of drug-likeness (QED) is 0.662. The van der Waals surface area contributed by atoms with Gasteiger partial charge in [-0.1, -0.05) is 30.3 Å². The van der Waals surface area contributed by atoms with Crippen molar-refractivity contribution in [3.63, 3.8) is 0 Å². The van der Waals surface area contributed by atoms with Crippen LogP contribution < -0.4 is 16.0 Å². The van der Waals surface area contributed by atoms with Crippen LogP contribution in [0.3, 0.4) is 0 Å². The van der Waals surface area contributed by atoms with Gasteiger partial charge in [-0.25, -0.2) is 4.99 Å². The van der Waals surface area contributed by atoms with Gasteiger partial charge in [0.05, 0.1) is 17.0 Å². The number of nitrogens with one attached hydrogen (secondary N) is 1. The Kier molecular flexibility index (Phi) is 4.28. The Morgan fingerprint density at radius 1 is 1.13 bits per heavy atom. The summed E-state index contributed by atoms with van der Waals surface area (Å²) >= 11 is 0. The van der Waals surface area contributed by atoms with Crippen LogP contribution in [0.5, 0.6) is 0 Å². The lowest BCUT2D eigenvalue weighted by Crippen LogP contribution is -2.47. The van der Waals surface area contributed by atoms with Crippen LogP contribution in [0.1, 0.15) is 27.0 Å². The number of pyridine rings is 1. The van der Waals surface area contributed by atoms with Gasteiger partial charge in [-0.3, -0.25) is 14.6 Å². The fourth-order valence-electron chi connectivity index (χ4n) is 4.00. The molecule has 0 saturated carbocycles. The van der Waals surface area contributed by atoms with Crippen molar-refractivity contribution in [2.24, 2.45) is 4.99 Å². The van der Waals surface area contributed by atoms with E-state index in [9.17, 15) is 9.59 Å². The van der Waals surface area contributed by atoms with Crippen molar-refractivity contribution in [1.29, 1.82) is 0 Å². The van der Waals surface area contributed by atoms with Crippen molar-refractivity contribution in [2.75, 3.05) is 17.2 Å². The first-order valence-corrected chi connectivity index (χ1v) is 9.70. The van der Waals surface area contributed by atoms with E-state index >= 15 is 0 Å². The average molecular weight is 397 g/mol. The zero-order valence-corrected chi connectivity index (χ0v) is 16.1. The molecule has 7 heteroatoms. The summed E-state index contributed by atoms with van der Waals surface area (Å²) < 4.78 is 0. The maximum atomic E-state index is 13.4. The van der Waals surface area contributed by atoms with Crippen LogP contribution in [0.15, 0.2) is 72.0 Å². The minimum Gasteiger partial charge on any atom is -0.399 e. The Labute approximate surface area is 173 Å². The summed E-state index contributed by atoms with van der Waals surface area (Å²) in [5.74, 6) is -0.662. The van der Waals surface area contributed by atoms with Crippen LogP contribution in [-0.2, 0) is 11.2 Å². The molecule has 0 spiro atoms. The van der Waals surface area contributed by atoms with E-state index in [2.05, 4.69) is 10.3 Å². The first kappa shape index (κ1) is 18.1. The van der Waals surface area contributed by atoms with Gasteiger partial charge in [0.1, 0.15) is 0 Å². The van der Waals surface area contributed by atoms with E-state index in [-0.39, 0.29) is 5.91 Å². The zero-order chi connectivity index (χ0) is 20.7. The molecule has 7 nitrogen and oxygen atoms in total. The molecule has 0 unspecified atom stereocenters.